The number of aromatic hydroxyl groups is 1. The van der Waals surface area contributed by atoms with Crippen molar-refractivity contribution in [3.05, 3.63) is 40.2 Å². The molecule has 0 saturated carbocycles. The van der Waals surface area contributed by atoms with Crippen LogP contribution in [0.3, 0.4) is 0 Å². The Morgan fingerprint density at radius 1 is 1.29 bits per heavy atom. The molecule has 0 atom stereocenters. The number of pyridine rings is 1. The van der Waals surface area contributed by atoms with Gasteiger partial charge in [0.2, 0.25) is 0 Å². The minimum absolute atomic E-state index is 0.00295. The van der Waals surface area contributed by atoms with Crippen LogP contribution < -0.4 is 5.56 Å². The molecule has 0 unspecified atom stereocenters. The first-order valence-corrected chi connectivity index (χ1v) is 4.39. The van der Waals surface area contributed by atoms with E-state index in [-0.39, 0.29) is 11.3 Å². The highest BCUT2D eigenvalue weighted by molar-refractivity contribution is 5.81. The quantitative estimate of drug-likeness (QED) is 0.683. The van der Waals surface area contributed by atoms with E-state index in [0.29, 0.717) is 5.56 Å². The van der Waals surface area contributed by atoms with Crippen molar-refractivity contribution in [1.29, 1.82) is 0 Å². The number of benzene rings is 1. The Balaban J connectivity index is 2.98. The SMILES string of the molecule is Cc1cc2cc(O)ccc2n(C)c1=O. The van der Waals surface area contributed by atoms with Gasteiger partial charge in [0.25, 0.3) is 5.56 Å². The summed E-state index contributed by atoms with van der Waals surface area (Å²) in [6.07, 6.45) is 0. The number of fused-ring (bicyclic) bond motifs is 1. The molecule has 3 nitrogen and oxygen atoms in total. The Bertz CT molecular complexity index is 555. The van der Waals surface area contributed by atoms with Crippen LogP contribution in [0.5, 0.6) is 5.75 Å². The molecule has 72 valence electrons. The molecule has 0 amide bonds. The minimum Gasteiger partial charge on any atom is -0.508 e. The number of aryl methyl sites for hydroxylation is 2. The molecule has 2 aromatic rings. The van der Waals surface area contributed by atoms with Crippen molar-refractivity contribution < 1.29 is 5.11 Å². The molecule has 0 fully saturated rings. The predicted molar refractivity (Wildman–Crippen MR) is 55.6 cm³/mol. The van der Waals surface area contributed by atoms with E-state index < -0.39 is 0 Å². The summed E-state index contributed by atoms with van der Waals surface area (Å²) in [4.78, 5) is 11.6. The standard InChI is InChI=1S/C11H11NO2/c1-7-5-8-6-9(13)3-4-10(8)12(2)11(7)14/h3-6,13H,1-2H3. The first-order valence-electron chi connectivity index (χ1n) is 4.39. The lowest BCUT2D eigenvalue weighted by Crippen LogP contribution is -2.18. The highest BCUT2D eigenvalue weighted by atomic mass is 16.3. The molecule has 0 aliphatic carbocycles. The molecule has 1 N–H and O–H groups in total. The maximum absolute atomic E-state index is 11.6. The van der Waals surface area contributed by atoms with Gasteiger partial charge in [-0.15, -0.1) is 0 Å². The number of nitrogens with zero attached hydrogens (tertiary/aromatic N) is 1. The summed E-state index contributed by atoms with van der Waals surface area (Å²) in [6.45, 7) is 1.77. The van der Waals surface area contributed by atoms with Gasteiger partial charge in [-0.25, -0.2) is 0 Å². The zero-order chi connectivity index (χ0) is 10.3. The predicted octanol–water partition coefficient (Wildman–Crippen LogP) is 1.55. The fourth-order valence-corrected chi connectivity index (χ4v) is 1.63. The highest BCUT2D eigenvalue weighted by Gasteiger charge is 2.03. The molecule has 0 aliphatic rings. The van der Waals surface area contributed by atoms with E-state index in [0.717, 1.165) is 10.9 Å². The van der Waals surface area contributed by atoms with Gasteiger partial charge in [-0.05, 0) is 31.2 Å². The third-order valence-corrected chi connectivity index (χ3v) is 2.39. The first-order chi connectivity index (χ1) is 6.59. The first kappa shape index (κ1) is 8.81. The second kappa shape index (κ2) is 2.87. The molecule has 1 aromatic carbocycles. The van der Waals surface area contributed by atoms with Gasteiger partial charge >= 0.3 is 0 Å². The minimum atomic E-state index is 0.00295. The van der Waals surface area contributed by atoms with Crippen LogP contribution >= 0.6 is 0 Å². The van der Waals surface area contributed by atoms with Gasteiger partial charge < -0.3 is 9.67 Å². The molecule has 1 aromatic heterocycles. The number of hydrogen-bond donors (Lipinski definition) is 1. The maximum atomic E-state index is 11.6. The van der Waals surface area contributed by atoms with Crippen molar-refractivity contribution in [2.24, 2.45) is 7.05 Å². The number of aromatic nitrogens is 1. The fraction of sp³-hybridized carbons (Fsp3) is 0.182. The lowest BCUT2D eigenvalue weighted by atomic mass is 10.1. The third kappa shape index (κ3) is 1.18. The molecule has 0 radical (unpaired) electrons. The van der Waals surface area contributed by atoms with Gasteiger partial charge in [-0.3, -0.25) is 4.79 Å². The second-order valence-electron chi connectivity index (χ2n) is 3.43. The highest BCUT2D eigenvalue weighted by Crippen LogP contribution is 2.18. The van der Waals surface area contributed by atoms with Crippen molar-refractivity contribution in [2.45, 2.75) is 6.92 Å². The summed E-state index contributed by atoms with van der Waals surface area (Å²) in [5.41, 5.74) is 1.52. The second-order valence-corrected chi connectivity index (χ2v) is 3.43. The molecule has 3 heteroatoms. The molecule has 0 saturated heterocycles. The fourth-order valence-electron chi connectivity index (χ4n) is 1.63. The van der Waals surface area contributed by atoms with Crippen LogP contribution in [0.1, 0.15) is 5.56 Å². The maximum Gasteiger partial charge on any atom is 0.253 e. The Kier molecular flexibility index (Phi) is 1.81. The van der Waals surface area contributed by atoms with Crippen molar-refractivity contribution in [1.82, 2.24) is 4.57 Å². The van der Waals surface area contributed by atoms with E-state index in [1.54, 1.807) is 42.8 Å². The van der Waals surface area contributed by atoms with E-state index in [2.05, 4.69) is 0 Å². The third-order valence-electron chi connectivity index (χ3n) is 2.39. The van der Waals surface area contributed by atoms with Crippen molar-refractivity contribution in [2.75, 3.05) is 0 Å². The summed E-state index contributed by atoms with van der Waals surface area (Å²) < 4.78 is 1.59. The Labute approximate surface area is 81.2 Å². The van der Waals surface area contributed by atoms with Gasteiger partial charge in [-0.1, -0.05) is 0 Å². The normalized spacial score (nSPS) is 10.7. The van der Waals surface area contributed by atoms with Crippen LogP contribution in [0.15, 0.2) is 29.1 Å². The molecule has 0 aliphatic heterocycles. The Morgan fingerprint density at radius 2 is 2.00 bits per heavy atom. The lowest BCUT2D eigenvalue weighted by Gasteiger charge is -2.06. The summed E-state index contributed by atoms with van der Waals surface area (Å²) in [5.74, 6) is 0.218. The zero-order valence-corrected chi connectivity index (χ0v) is 8.11. The molecule has 0 bridgehead atoms. The van der Waals surface area contributed by atoms with E-state index in [9.17, 15) is 9.90 Å². The topological polar surface area (TPSA) is 42.2 Å². The van der Waals surface area contributed by atoms with Crippen LogP contribution in [-0.4, -0.2) is 9.67 Å². The lowest BCUT2D eigenvalue weighted by molar-refractivity contribution is 0.476. The van der Waals surface area contributed by atoms with Crippen LogP contribution in [0.4, 0.5) is 0 Å². The molecular weight excluding hydrogens is 178 g/mol. The molecular formula is C11H11NO2. The van der Waals surface area contributed by atoms with Crippen LogP contribution in [-0.2, 0) is 7.05 Å². The summed E-state index contributed by atoms with van der Waals surface area (Å²) in [7, 11) is 1.73. The van der Waals surface area contributed by atoms with Crippen LogP contribution in [0, 0.1) is 6.92 Å². The van der Waals surface area contributed by atoms with E-state index >= 15 is 0 Å². The Hall–Kier alpha value is -1.77. The van der Waals surface area contributed by atoms with Crippen molar-refractivity contribution in [3.63, 3.8) is 0 Å². The van der Waals surface area contributed by atoms with Gasteiger partial charge in [0.15, 0.2) is 0 Å². The van der Waals surface area contributed by atoms with E-state index in [4.69, 9.17) is 0 Å². The molecule has 0 spiro atoms. The zero-order valence-electron chi connectivity index (χ0n) is 8.11. The molecule has 2 rings (SSSR count). The number of rotatable bonds is 0. The molecule has 1 heterocycles. The van der Waals surface area contributed by atoms with E-state index in [1.165, 1.54) is 0 Å². The largest absolute Gasteiger partial charge is 0.508 e. The number of phenolic OH excluding ortho intramolecular Hbond substituents is 1. The van der Waals surface area contributed by atoms with Gasteiger partial charge in [-0.2, -0.15) is 0 Å². The van der Waals surface area contributed by atoms with Crippen LogP contribution in [0.2, 0.25) is 0 Å². The summed E-state index contributed by atoms with van der Waals surface area (Å²) >= 11 is 0. The van der Waals surface area contributed by atoms with Crippen molar-refractivity contribution in [3.8, 4) is 5.75 Å². The monoisotopic (exact) mass is 189 g/mol. The average Bonchev–Trinajstić information content (AvgIpc) is 2.14. The summed E-state index contributed by atoms with van der Waals surface area (Å²) in [6, 6.07) is 6.77. The van der Waals surface area contributed by atoms with Crippen molar-refractivity contribution >= 4 is 10.9 Å². The number of phenols is 1. The molecule has 14 heavy (non-hydrogen) atoms. The van der Waals surface area contributed by atoms with Gasteiger partial charge in [0, 0.05) is 18.0 Å². The van der Waals surface area contributed by atoms with E-state index in [1.807, 2.05) is 0 Å². The van der Waals surface area contributed by atoms with Gasteiger partial charge in [0.1, 0.15) is 5.75 Å². The number of hydrogen-bond acceptors (Lipinski definition) is 2. The average molecular weight is 189 g/mol. The smallest absolute Gasteiger partial charge is 0.253 e. The van der Waals surface area contributed by atoms with Gasteiger partial charge in [0.05, 0.1) is 5.52 Å². The van der Waals surface area contributed by atoms with Crippen LogP contribution in [0.25, 0.3) is 10.9 Å². The Morgan fingerprint density at radius 3 is 2.71 bits per heavy atom. The summed E-state index contributed by atoms with van der Waals surface area (Å²) in [5, 5.41) is 10.2.